The predicted molar refractivity (Wildman–Crippen MR) is 124 cm³/mol. The maximum Gasteiger partial charge on any atom is 0.340 e. The number of rotatable bonds is 7. The molecule has 4 rings (SSSR count). The van der Waals surface area contributed by atoms with E-state index in [9.17, 15) is 17.6 Å². The third-order valence-electron chi connectivity index (χ3n) is 5.09. The molecule has 1 N–H and O–H groups in total. The first-order valence-electron chi connectivity index (χ1n) is 9.76. The van der Waals surface area contributed by atoms with E-state index in [1.807, 2.05) is 17.7 Å². The summed E-state index contributed by atoms with van der Waals surface area (Å²) in [6.07, 6.45) is 1.54. The second kappa shape index (κ2) is 8.93. The summed E-state index contributed by atoms with van der Waals surface area (Å²) in [5.74, 6) is -0.308. The largest absolute Gasteiger partial charge is 0.561 e. The summed E-state index contributed by atoms with van der Waals surface area (Å²) >= 11 is 1.34. The molecule has 2 aromatic carbocycles. The zero-order chi connectivity index (χ0) is 23.8. The zero-order valence-corrected chi connectivity index (χ0v) is 19.5. The third kappa shape index (κ3) is 4.75. The van der Waals surface area contributed by atoms with E-state index in [1.54, 1.807) is 24.6 Å². The summed E-state index contributed by atoms with van der Waals surface area (Å²) < 4.78 is 55.1. The molecule has 4 aromatic rings. The van der Waals surface area contributed by atoms with Crippen molar-refractivity contribution in [2.45, 2.75) is 20.3 Å². The van der Waals surface area contributed by atoms with Gasteiger partial charge in [0, 0.05) is 35.0 Å². The molecule has 2 heterocycles. The standard InChI is InChI=1S/C22H19FN3O5S2/c1-12-9-15-13(2)16(10-14-5-4-6-17(20(14)23)26-33(28,29)24-3)21(27)30-19(15)11-18(12)31-22-25-7-8-32-22/h4-9,11,24H,10H2,1-3H3/q-1. The molecule has 0 amide bonds. The molecule has 172 valence electrons. The Labute approximate surface area is 193 Å². The van der Waals surface area contributed by atoms with Gasteiger partial charge in [0.25, 0.3) is 5.19 Å². The van der Waals surface area contributed by atoms with Gasteiger partial charge >= 0.3 is 5.63 Å². The number of nitrogens with zero attached hydrogens (tertiary/aromatic N) is 2. The lowest BCUT2D eigenvalue weighted by Gasteiger charge is -2.22. The lowest BCUT2D eigenvalue weighted by atomic mass is 9.98. The van der Waals surface area contributed by atoms with E-state index in [-0.39, 0.29) is 23.2 Å². The highest BCUT2D eigenvalue weighted by molar-refractivity contribution is 7.92. The first-order valence-corrected chi connectivity index (χ1v) is 12.1. The second-order valence-electron chi connectivity index (χ2n) is 7.20. The van der Waals surface area contributed by atoms with Crippen LogP contribution >= 0.6 is 11.3 Å². The molecular weight excluding hydrogens is 469 g/mol. The van der Waals surface area contributed by atoms with Gasteiger partial charge in [-0.2, -0.15) is 0 Å². The van der Waals surface area contributed by atoms with Gasteiger partial charge in [-0.3, -0.25) is 0 Å². The number of benzene rings is 2. The number of nitrogens with one attached hydrogen (secondary N) is 1. The van der Waals surface area contributed by atoms with Gasteiger partial charge in [-0.05, 0) is 43.7 Å². The van der Waals surface area contributed by atoms with Crippen molar-refractivity contribution >= 4 is 38.2 Å². The third-order valence-corrected chi connectivity index (χ3v) is 6.69. The van der Waals surface area contributed by atoms with E-state index in [2.05, 4.69) is 9.71 Å². The minimum Gasteiger partial charge on any atom is -0.561 e. The van der Waals surface area contributed by atoms with Gasteiger partial charge in [0.1, 0.15) is 17.1 Å². The van der Waals surface area contributed by atoms with Crippen LogP contribution in [0.4, 0.5) is 10.1 Å². The summed E-state index contributed by atoms with van der Waals surface area (Å²) in [6.45, 7) is 3.62. The van der Waals surface area contributed by atoms with Crippen LogP contribution in [-0.2, 0) is 16.6 Å². The maximum atomic E-state index is 15.0. The van der Waals surface area contributed by atoms with E-state index in [0.717, 1.165) is 5.56 Å². The van der Waals surface area contributed by atoms with Gasteiger partial charge in [-0.25, -0.2) is 27.3 Å². The lowest BCUT2D eigenvalue weighted by molar-refractivity contribution is 0.472. The summed E-state index contributed by atoms with van der Waals surface area (Å²) in [5, 5.41) is 2.94. The molecule has 0 spiro atoms. The van der Waals surface area contributed by atoms with Crippen molar-refractivity contribution in [3.63, 3.8) is 0 Å². The summed E-state index contributed by atoms with van der Waals surface area (Å²) in [6, 6.07) is 7.66. The first-order chi connectivity index (χ1) is 15.7. The van der Waals surface area contributed by atoms with Gasteiger partial charge in [0.15, 0.2) is 10.2 Å². The average Bonchev–Trinajstić information content (AvgIpc) is 3.28. The van der Waals surface area contributed by atoms with E-state index in [0.29, 0.717) is 27.5 Å². The molecule has 0 saturated heterocycles. The Bertz CT molecular complexity index is 1500. The molecule has 8 nitrogen and oxygen atoms in total. The van der Waals surface area contributed by atoms with Crippen LogP contribution in [-0.4, -0.2) is 20.4 Å². The van der Waals surface area contributed by atoms with Crippen molar-refractivity contribution in [2.24, 2.45) is 0 Å². The molecule has 0 radical (unpaired) electrons. The Morgan fingerprint density at radius 3 is 2.76 bits per heavy atom. The van der Waals surface area contributed by atoms with Gasteiger partial charge in [0.05, 0.1) is 0 Å². The monoisotopic (exact) mass is 488 g/mol. The fraction of sp³-hybridized carbons (Fsp3) is 0.182. The van der Waals surface area contributed by atoms with E-state index in [4.69, 9.17) is 9.15 Å². The normalized spacial score (nSPS) is 11.6. The Morgan fingerprint density at radius 1 is 1.27 bits per heavy atom. The Morgan fingerprint density at radius 2 is 2.06 bits per heavy atom. The molecule has 0 aliphatic carbocycles. The lowest BCUT2D eigenvalue weighted by Crippen LogP contribution is -2.16. The minimum atomic E-state index is -4.02. The fourth-order valence-electron chi connectivity index (χ4n) is 3.33. The molecule has 33 heavy (non-hydrogen) atoms. The minimum absolute atomic E-state index is 0.0880. The van der Waals surface area contributed by atoms with E-state index >= 15 is 0 Å². The van der Waals surface area contributed by atoms with E-state index in [1.165, 1.54) is 36.6 Å². The predicted octanol–water partition coefficient (Wildman–Crippen LogP) is 4.86. The zero-order valence-electron chi connectivity index (χ0n) is 17.9. The topological polar surface area (TPSA) is 113 Å². The quantitative estimate of drug-likeness (QED) is 0.372. The molecule has 0 aliphatic rings. The van der Waals surface area contributed by atoms with Crippen LogP contribution in [0.1, 0.15) is 22.3 Å². The summed E-state index contributed by atoms with van der Waals surface area (Å²) in [7, 11) is -2.84. The van der Waals surface area contributed by atoms with Crippen molar-refractivity contribution < 1.29 is 22.0 Å². The molecule has 0 saturated carbocycles. The van der Waals surface area contributed by atoms with Crippen molar-refractivity contribution in [1.82, 2.24) is 9.71 Å². The first kappa shape index (κ1) is 22.9. The van der Waals surface area contributed by atoms with Gasteiger partial charge in [-0.15, -0.1) is 0 Å². The van der Waals surface area contributed by atoms with Crippen LogP contribution < -0.4 is 15.1 Å². The highest BCUT2D eigenvalue weighted by Crippen LogP contribution is 2.33. The Hall–Kier alpha value is -3.28. The molecule has 0 fully saturated rings. The van der Waals surface area contributed by atoms with Crippen molar-refractivity contribution in [3.05, 3.63) is 85.1 Å². The number of hydrogen-bond acceptors (Lipinski definition) is 7. The summed E-state index contributed by atoms with van der Waals surface area (Å²) in [4.78, 5) is 16.9. The van der Waals surface area contributed by atoms with Crippen LogP contribution in [0.3, 0.4) is 0 Å². The van der Waals surface area contributed by atoms with Crippen molar-refractivity contribution in [2.75, 3.05) is 7.05 Å². The molecule has 0 unspecified atom stereocenters. The van der Waals surface area contributed by atoms with E-state index < -0.39 is 21.7 Å². The van der Waals surface area contributed by atoms with Crippen molar-refractivity contribution in [1.29, 1.82) is 0 Å². The molecule has 0 bridgehead atoms. The number of thiazole rings is 1. The van der Waals surface area contributed by atoms with Gasteiger partial charge < -0.3 is 13.9 Å². The molecule has 0 aliphatic heterocycles. The maximum absolute atomic E-state index is 15.0. The Kier molecular flexibility index (Phi) is 6.19. The number of aryl methyl sites for hydroxylation is 2. The second-order valence-corrected chi connectivity index (χ2v) is 9.60. The molecule has 11 heteroatoms. The SMILES string of the molecule is CNS(=O)(=O)[N-]c1cccc(Cc2c(C)c3cc(C)c(Oc4nccs4)cc3oc2=O)c1F. The molecular formula is C22H19FN3O5S2-. The van der Waals surface area contributed by atoms with Crippen molar-refractivity contribution in [3.8, 4) is 10.9 Å². The van der Waals surface area contributed by atoms with Crippen LogP contribution in [0.15, 0.2) is 51.1 Å². The van der Waals surface area contributed by atoms with Crippen LogP contribution in [0.5, 0.6) is 10.9 Å². The van der Waals surface area contributed by atoms with Gasteiger partial charge in [0.2, 0.25) is 0 Å². The highest BCUT2D eigenvalue weighted by Gasteiger charge is 2.17. The molecule has 2 aromatic heterocycles. The average molecular weight is 489 g/mol. The number of fused-ring (bicyclic) bond motifs is 1. The van der Waals surface area contributed by atoms with Crippen LogP contribution in [0, 0.1) is 19.7 Å². The smallest absolute Gasteiger partial charge is 0.340 e. The number of aromatic nitrogens is 1. The van der Waals surface area contributed by atoms with Crippen LogP contribution in [0.25, 0.3) is 15.7 Å². The fourth-order valence-corrected chi connectivity index (χ4v) is 4.32. The highest BCUT2D eigenvalue weighted by atomic mass is 32.2. The Balaban J connectivity index is 1.73. The molecule has 0 atom stereocenters. The summed E-state index contributed by atoms with van der Waals surface area (Å²) in [5.41, 5.74) is 1.21. The number of ether oxygens (including phenoxy) is 1. The van der Waals surface area contributed by atoms with Crippen LogP contribution in [0.2, 0.25) is 0 Å². The number of halogens is 1. The van der Waals surface area contributed by atoms with Gasteiger partial charge in [-0.1, -0.05) is 35.2 Å². The number of hydrogen-bond donors (Lipinski definition) is 1.